The maximum atomic E-state index is 12.1. The molecule has 3 aromatic heterocycles. The zero-order valence-electron chi connectivity index (χ0n) is 10.6. The standard InChI is InChI=1S/C14H12ClNOS2/c1-3-16-6-4-10(17)11-8(2)12(19-14(11)16)9-5-7-18-13(9)15/h4-7H,3H2,1-2H3. The molecule has 0 aliphatic heterocycles. The summed E-state index contributed by atoms with van der Waals surface area (Å²) in [6.07, 6.45) is 1.86. The molecule has 19 heavy (non-hydrogen) atoms. The molecule has 0 N–H and O–H groups in total. The number of halogens is 1. The van der Waals surface area contributed by atoms with E-state index in [0.29, 0.717) is 0 Å². The predicted octanol–water partition coefficient (Wildman–Crippen LogP) is 4.77. The first-order valence-electron chi connectivity index (χ1n) is 5.99. The van der Waals surface area contributed by atoms with E-state index in [4.69, 9.17) is 11.6 Å². The normalized spacial score (nSPS) is 11.3. The molecule has 0 radical (unpaired) electrons. The summed E-state index contributed by atoms with van der Waals surface area (Å²) >= 11 is 9.39. The lowest BCUT2D eigenvalue weighted by molar-refractivity contribution is 0.793. The van der Waals surface area contributed by atoms with E-state index in [1.165, 1.54) is 11.3 Å². The van der Waals surface area contributed by atoms with Crippen LogP contribution in [0.25, 0.3) is 20.7 Å². The van der Waals surface area contributed by atoms with Crippen molar-refractivity contribution in [2.75, 3.05) is 0 Å². The van der Waals surface area contributed by atoms with Crippen molar-refractivity contribution in [2.45, 2.75) is 20.4 Å². The minimum atomic E-state index is 0.0889. The van der Waals surface area contributed by atoms with Crippen LogP contribution in [0.2, 0.25) is 4.34 Å². The summed E-state index contributed by atoms with van der Waals surface area (Å²) in [7, 11) is 0. The highest BCUT2D eigenvalue weighted by molar-refractivity contribution is 7.23. The number of rotatable bonds is 2. The van der Waals surface area contributed by atoms with Crippen LogP contribution in [0.15, 0.2) is 28.5 Å². The van der Waals surface area contributed by atoms with Gasteiger partial charge in [-0.05, 0) is 30.9 Å². The molecule has 2 nitrogen and oxygen atoms in total. The molecule has 0 amide bonds. The number of aryl methyl sites for hydroxylation is 2. The molecule has 0 unspecified atom stereocenters. The Balaban J connectivity index is 2.41. The van der Waals surface area contributed by atoms with Gasteiger partial charge in [0.2, 0.25) is 0 Å². The van der Waals surface area contributed by atoms with Crippen molar-refractivity contribution in [1.82, 2.24) is 4.57 Å². The van der Waals surface area contributed by atoms with Crippen molar-refractivity contribution in [3.05, 3.63) is 43.8 Å². The Morgan fingerprint density at radius 3 is 2.79 bits per heavy atom. The van der Waals surface area contributed by atoms with Gasteiger partial charge in [0, 0.05) is 29.2 Å². The van der Waals surface area contributed by atoms with Crippen LogP contribution < -0.4 is 5.43 Å². The van der Waals surface area contributed by atoms with Crippen molar-refractivity contribution in [3.63, 3.8) is 0 Å². The van der Waals surface area contributed by atoms with E-state index in [2.05, 4.69) is 11.5 Å². The Morgan fingerprint density at radius 1 is 1.37 bits per heavy atom. The second-order valence-electron chi connectivity index (χ2n) is 4.31. The molecule has 5 heteroatoms. The number of hydrogen-bond donors (Lipinski definition) is 0. The summed E-state index contributed by atoms with van der Waals surface area (Å²) in [5.41, 5.74) is 2.16. The molecule has 3 aromatic rings. The fraction of sp³-hybridized carbons (Fsp3) is 0.214. The molecular formula is C14H12ClNOS2. The van der Waals surface area contributed by atoms with Gasteiger partial charge in [0.15, 0.2) is 5.43 Å². The van der Waals surface area contributed by atoms with Gasteiger partial charge < -0.3 is 4.57 Å². The average molecular weight is 310 g/mol. The molecule has 0 aliphatic carbocycles. The molecule has 0 atom stereocenters. The Hall–Kier alpha value is -1.10. The van der Waals surface area contributed by atoms with Gasteiger partial charge >= 0.3 is 0 Å². The Labute approximate surface area is 123 Å². The number of hydrogen-bond acceptors (Lipinski definition) is 3. The third-order valence-electron chi connectivity index (χ3n) is 3.24. The second kappa shape index (κ2) is 4.78. The molecule has 0 saturated carbocycles. The zero-order valence-corrected chi connectivity index (χ0v) is 13.0. The third kappa shape index (κ3) is 1.95. The lowest BCUT2D eigenvalue weighted by atomic mass is 10.1. The molecule has 3 heterocycles. The van der Waals surface area contributed by atoms with Gasteiger partial charge in [-0.2, -0.15) is 0 Å². The highest BCUT2D eigenvalue weighted by Crippen LogP contribution is 2.41. The van der Waals surface area contributed by atoms with Gasteiger partial charge in [0.1, 0.15) is 9.17 Å². The van der Waals surface area contributed by atoms with Crippen molar-refractivity contribution in [2.24, 2.45) is 0 Å². The molecular weight excluding hydrogens is 298 g/mol. The van der Waals surface area contributed by atoms with E-state index in [0.717, 1.165) is 37.1 Å². The summed E-state index contributed by atoms with van der Waals surface area (Å²) < 4.78 is 2.89. The van der Waals surface area contributed by atoms with Crippen LogP contribution in [0, 0.1) is 6.92 Å². The SMILES string of the molecule is CCn1ccc(=O)c2c(C)c(-c3ccsc3Cl)sc21. The number of pyridine rings is 1. The fourth-order valence-corrected chi connectivity index (χ4v) is 4.71. The fourth-order valence-electron chi connectivity index (χ4n) is 2.26. The van der Waals surface area contributed by atoms with Gasteiger partial charge in [-0.15, -0.1) is 22.7 Å². The van der Waals surface area contributed by atoms with Crippen LogP contribution in [-0.2, 0) is 6.54 Å². The van der Waals surface area contributed by atoms with E-state index in [1.54, 1.807) is 17.4 Å². The van der Waals surface area contributed by atoms with Gasteiger partial charge in [0.05, 0.1) is 5.39 Å². The number of fused-ring (bicyclic) bond motifs is 1. The summed E-state index contributed by atoms with van der Waals surface area (Å²) in [6, 6.07) is 3.66. The number of aromatic nitrogens is 1. The van der Waals surface area contributed by atoms with Gasteiger partial charge in [-0.3, -0.25) is 4.79 Å². The van der Waals surface area contributed by atoms with Crippen LogP contribution >= 0.6 is 34.3 Å². The highest BCUT2D eigenvalue weighted by atomic mass is 35.5. The number of thiophene rings is 2. The summed E-state index contributed by atoms with van der Waals surface area (Å²) in [6.45, 7) is 4.94. The van der Waals surface area contributed by atoms with E-state index in [1.807, 2.05) is 24.6 Å². The van der Waals surface area contributed by atoms with Crippen LogP contribution in [0.3, 0.4) is 0 Å². The van der Waals surface area contributed by atoms with Gasteiger partial charge in [-0.25, -0.2) is 0 Å². The zero-order chi connectivity index (χ0) is 13.6. The monoisotopic (exact) mass is 309 g/mol. The van der Waals surface area contributed by atoms with Crippen molar-refractivity contribution in [1.29, 1.82) is 0 Å². The van der Waals surface area contributed by atoms with Crippen LogP contribution in [0.5, 0.6) is 0 Å². The molecule has 0 fully saturated rings. The van der Waals surface area contributed by atoms with Gasteiger partial charge in [-0.1, -0.05) is 11.6 Å². The number of nitrogens with zero attached hydrogens (tertiary/aromatic N) is 1. The van der Waals surface area contributed by atoms with E-state index >= 15 is 0 Å². The van der Waals surface area contributed by atoms with E-state index in [-0.39, 0.29) is 5.43 Å². The first-order valence-corrected chi connectivity index (χ1v) is 8.06. The van der Waals surface area contributed by atoms with Crippen LogP contribution in [0.1, 0.15) is 12.5 Å². The van der Waals surface area contributed by atoms with Gasteiger partial charge in [0.25, 0.3) is 0 Å². The molecule has 0 bridgehead atoms. The quantitative estimate of drug-likeness (QED) is 0.668. The second-order valence-corrected chi connectivity index (χ2v) is 6.83. The van der Waals surface area contributed by atoms with Crippen molar-refractivity contribution >= 4 is 44.5 Å². The topological polar surface area (TPSA) is 22.0 Å². The Kier molecular flexibility index (Phi) is 3.25. The average Bonchev–Trinajstić information content (AvgIpc) is 2.95. The lowest BCUT2D eigenvalue weighted by Gasteiger charge is -2.02. The van der Waals surface area contributed by atoms with Crippen molar-refractivity contribution < 1.29 is 0 Å². The van der Waals surface area contributed by atoms with E-state index < -0.39 is 0 Å². The molecule has 98 valence electrons. The van der Waals surface area contributed by atoms with Crippen LogP contribution in [0.4, 0.5) is 0 Å². The molecule has 0 aromatic carbocycles. The maximum Gasteiger partial charge on any atom is 0.190 e. The molecule has 0 spiro atoms. The predicted molar refractivity (Wildman–Crippen MR) is 84.8 cm³/mol. The minimum absolute atomic E-state index is 0.0889. The van der Waals surface area contributed by atoms with Crippen molar-refractivity contribution in [3.8, 4) is 10.4 Å². The maximum absolute atomic E-state index is 12.1. The smallest absolute Gasteiger partial charge is 0.190 e. The first-order chi connectivity index (χ1) is 9.13. The molecule has 0 aliphatic rings. The lowest BCUT2D eigenvalue weighted by Crippen LogP contribution is -2.05. The summed E-state index contributed by atoms with van der Waals surface area (Å²) in [5, 5.41) is 2.81. The highest BCUT2D eigenvalue weighted by Gasteiger charge is 2.17. The summed E-state index contributed by atoms with van der Waals surface area (Å²) in [5.74, 6) is 0. The molecule has 0 saturated heterocycles. The minimum Gasteiger partial charge on any atom is -0.339 e. The summed E-state index contributed by atoms with van der Waals surface area (Å²) in [4.78, 5) is 14.2. The first kappa shape index (κ1) is 12.9. The Bertz CT molecular complexity index is 813. The Morgan fingerprint density at radius 2 is 2.16 bits per heavy atom. The third-order valence-corrected chi connectivity index (χ3v) is 5.78. The largest absolute Gasteiger partial charge is 0.339 e. The molecule has 3 rings (SSSR count). The van der Waals surface area contributed by atoms with Crippen LogP contribution in [-0.4, -0.2) is 4.57 Å². The van der Waals surface area contributed by atoms with E-state index in [9.17, 15) is 4.79 Å².